The molecule has 19 heavy (non-hydrogen) atoms. The molecule has 0 aromatic heterocycles. The van der Waals surface area contributed by atoms with Crippen LogP contribution in [0.5, 0.6) is 0 Å². The lowest BCUT2D eigenvalue weighted by atomic mass is 10.2. The zero-order chi connectivity index (χ0) is 14.3. The molecule has 6 heteroatoms. The number of hydrogen-bond acceptors (Lipinski definition) is 3. The van der Waals surface area contributed by atoms with Crippen molar-refractivity contribution in [3.05, 3.63) is 24.3 Å². The van der Waals surface area contributed by atoms with E-state index in [1.165, 1.54) is 6.92 Å². The second-order valence-electron chi connectivity index (χ2n) is 4.22. The van der Waals surface area contributed by atoms with Gasteiger partial charge in [-0.3, -0.25) is 4.79 Å². The molecule has 0 radical (unpaired) electrons. The van der Waals surface area contributed by atoms with Gasteiger partial charge in [0.15, 0.2) is 0 Å². The lowest BCUT2D eigenvalue weighted by molar-refractivity contribution is -0.114. The Morgan fingerprint density at radius 3 is 2.47 bits per heavy atom. The first kappa shape index (κ1) is 15.0. The molecule has 0 bridgehead atoms. The van der Waals surface area contributed by atoms with Gasteiger partial charge in [-0.25, -0.2) is 4.79 Å². The Morgan fingerprint density at radius 1 is 1.26 bits per heavy atom. The van der Waals surface area contributed by atoms with E-state index in [0.29, 0.717) is 18.0 Å². The van der Waals surface area contributed by atoms with Crippen LogP contribution in [0.25, 0.3) is 0 Å². The van der Waals surface area contributed by atoms with E-state index in [2.05, 4.69) is 16.0 Å². The van der Waals surface area contributed by atoms with Crippen molar-refractivity contribution in [1.29, 1.82) is 0 Å². The van der Waals surface area contributed by atoms with Gasteiger partial charge in [-0.1, -0.05) is 6.07 Å². The molecule has 0 spiro atoms. The van der Waals surface area contributed by atoms with Gasteiger partial charge in [-0.15, -0.1) is 0 Å². The highest BCUT2D eigenvalue weighted by atomic mass is 16.5. The Hall–Kier alpha value is -2.08. The van der Waals surface area contributed by atoms with E-state index in [-0.39, 0.29) is 18.0 Å². The quantitative estimate of drug-likeness (QED) is 0.759. The first-order valence-corrected chi connectivity index (χ1v) is 5.95. The van der Waals surface area contributed by atoms with Crippen LogP contribution in [0.1, 0.15) is 13.8 Å². The summed E-state index contributed by atoms with van der Waals surface area (Å²) in [6.45, 7) is 3.72. The number of amides is 3. The van der Waals surface area contributed by atoms with Crippen molar-refractivity contribution in [2.75, 3.05) is 24.4 Å². The van der Waals surface area contributed by atoms with Crippen LogP contribution in [-0.2, 0) is 9.53 Å². The normalized spacial score (nSPS) is 11.5. The minimum absolute atomic E-state index is 0.0801. The Balaban J connectivity index is 2.56. The van der Waals surface area contributed by atoms with E-state index in [1.54, 1.807) is 31.4 Å². The van der Waals surface area contributed by atoms with Gasteiger partial charge < -0.3 is 20.7 Å². The van der Waals surface area contributed by atoms with Gasteiger partial charge in [0, 0.05) is 25.4 Å². The van der Waals surface area contributed by atoms with Crippen molar-refractivity contribution in [3.8, 4) is 0 Å². The summed E-state index contributed by atoms with van der Waals surface area (Å²) >= 11 is 0. The molecule has 0 aliphatic rings. The lowest BCUT2D eigenvalue weighted by Gasteiger charge is -2.14. The predicted octanol–water partition coefficient (Wildman–Crippen LogP) is 1.80. The average Bonchev–Trinajstić information content (AvgIpc) is 2.28. The van der Waals surface area contributed by atoms with E-state index in [9.17, 15) is 9.59 Å². The second-order valence-corrected chi connectivity index (χ2v) is 4.22. The summed E-state index contributed by atoms with van der Waals surface area (Å²) < 4.78 is 4.93. The lowest BCUT2D eigenvalue weighted by Crippen LogP contribution is -2.38. The largest absolute Gasteiger partial charge is 0.383 e. The van der Waals surface area contributed by atoms with E-state index in [4.69, 9.17) is 4.74 Å². The highest BCUT2D eigenvalue weighted by Crippen LogP contribution is 2.14. The molecule has 104 valence electrons. The number of carbonyl (C=O) groups excluding carboxylic acids is 2. The first-order valence-electron chi connectivity index (χ1n) is 5.95. The van der Waals surface area contributed by atoms with Crippen molar-refractivity contribution in [2.45, 2.75) is 19.9 Å². The molecule has 3 amide bonds. The van der Waals surface area contributed by atoms with Crippen LogP contribution < -0.4 is 16.0 Å². The SMILES string of the molecule is COC[C@@H](C)NC(=O)Nc1cccc(NC(C)=O)c1. The minimum Gasteiger partial charge on any atom is -0.383 e. The smallest absolute Gasteiger partial charge is 0.319 e. The number of carbonyl (C=O) groups is 2. The molecule has 1 rings (SSSR count). The van der Waals surface area contributed by atoms with E-state index in [0.717, 1.165) is 0 Å². The number of anilines is 2. The molecule has 0 aliphatic carbocycles. The van der Waals surface area contributed by atoms with Crippen LogP contribution in [-0.4, -0.2) is 31.7 Å². The minimum atomic E-state index is -0.315. The topological polar surface area (TPSA) is 79.5 Å². The summed E-state index contributed by atoms with van der Waals surface area (Å²) in [5.74, 6) is -0.157. The maximum absolute atomic E-state index is 11.7. The van der Waals surface area contributed by atoms with Gasteiger partial charge >= 0.3 is 6.03 Å². The Kier molecular flexibility index (Phi) is 5.81. The van der Waals surface area contributed by atoms with E-state index >= 15 is 0 Å². The zero-order valence-electron chi connectivity index (χ0n) is 11.3. The van der Waals surface area contributed by atoms with Crippen molar-refractivity contribution in [2.24, 2.45) is 0 Å². The molecule has 0 unspecified atom stereocenters. The van der Waals surface area contributed by atoms with Crippen molar-refractivity contribution in [3.63, 3.8) is 0 Å². The number of nitrogens with one attached hydrogen (secondary N) is 3. The zero-order valence-corrected chi connectivity index (χ0v) is 11.3. The summed E-state index contributed by atoms with van der Waals surface area (Å²) in [7, 11) is 1.58. The molecule has 3 N–H and O–H groups in total. The van der Waals surface area contributed by atoms with Crippen molar-refractivity contribution < 1.29 is 14.3 Å². The Labute approximate surface area is 112 Å². The monoisotopic (exact) mass is 265 g/mol. The molecule has 1 atom stereocenters. The van der Waals surface area contributed by atoms with Crippen LogP contribution in [0.3, 0.4) is 0 Å². The highest BCUT2D eigenvalue weighted by molar-refractivity contribution is 5.92. The molecule has 0 saturated carbocycles. The third kappa shape index (κ3) is 5.87. The van der Waals surface area contributed by atoms with Crippen LogP contribution in [0.4, 0.5) is 16.2 Å². The fourth-order valence-corrected chi connectivity index (χ4v) is 1.56. The van der Waals surface area contributed by atoms with Gasteiger partial charge in [0.2, 0.25) is 5.91 Å². The third-order valence-corrected chi connectivity index (χ3v) is 2.23. The number of rotatable bonds is 5. The summed E-state index contributed by atoms with van der Waals surface area (Å²) in [4.78, 5) is 22.6. The number of urea groups is 1. The van der Waals surface area contributed by atoms with Gasteiger partial charge in [0.25, 0.3) is 0 Å². The molecule has 0 fully saturated rings. The van der Waals surface area contributed by atoms with Gasteiger partial charge in [0.05, 0.1) is 12.6 Å². The fraction of sp³-hybridized carbons (Fsp3) is 0.385. The Morgan fingerprint density at radius 2 is 1.89 bits per heavy atom. The summed E-state index contributed by atoms with van der Waals surface area (Å²) in [6, 6.07) is 6.53. The molecular weight excluding hydrogens is 246 g/mol. The van der Waals surface area contributed by atoms with Crippen molar-refractivity contribution >= 4 is 23.3 Å². The number of benzene rings is 1. The summed E-state index contributed by atoms with van der Waals surface area (Å²) in [5, 5.41) is 8.06. The maximum Gasteiger partial charge on any atom is 0.319 e. The molecule has 1 aromatic carbocycles. The van der Waals surface area contributed by atoms with E-state index in [1.807, 2.05) is 6.92 Å². The summed E-state index contributed by atoms with van der Waals surface area (Å²) in [5.41, 5.74) is 1.24. The van der Waals surface area contributed by atoms with Crippen molar-refractivity contribution in [1.82, 2.24) is 5.32 Å². The van der Waals surface area contributed by atoms with Crippen LogP contribution >= 0.6 is 0 Å². The second kappa shape index (κ2) is 7.38. The Bertz CT molecular complexity index is 449. The molecule has 6 nitrogen and oxygen atoms in total. The number of ether oxygens (including phenoxy) is 1. The molecule has 0 heterocycles. The highest BCUT2D eigenvalue weighted by Gasteiger charge is 2.07. The number of hydrogen-bond donors (Lipinski definition) is 3. The maximum atomic E-state index is 11.7. The standard InChI is InChI=1S/C13H19N3O3/c1-9(8-19-3)14-13(18)16-12-6-4-5-11(7-12)15-10(2)17/h4-7,9H,8H2,1-3H3,(H,15,17)(H2,14,16,18)/t9-/m1/s1. The molecule has 0 saturated heterocycles. The van der Waals surface area contributed by atoms with Gasteiger partial charge in [-0.05, 0) is 25.1 Å². The molecular formula is C13H19N3O3. The average molecular weight is 265 g/mol. The molecule has 0 aliphatic heterocycles. The fourth-order valence-electron chi connectivity index (χ4n) is 1.56. The first-order chi connectivity index (χ1) is 9.01. The van der Waals surface area contributed by atoms with E-state index < -0.39 is 0 Å². The van der Waals surface area contributed by atoms with Gasteiger partial charge in [-0.2, -0.15) is 0 Å². The summed E-state index contributed by atoms with van der Waals surface area (Å²) in [6.07, 6.45) is 0. The van der Waals surface area contributed by atoms with Crippen LogP contribution in [0.2, 0.25) is 0 Å². The van der Waals surface area contributed by atoms with Crippen LogP contribution in [0.15, 0.2) is 24.3 Å². The van der Waals surface area contributed by atoms with Crippen LogP contribution in [0, 0.1) is 0 Å². The predicted molar refractivity (Wildman–Crippen MR) is 74.2 cm³/mol. The third-order valence-electron chi connectivity index (χ3n) is 2.23. The van der Waals surface area contributed by atoms with Gasteiger partial charge in [0.1, 0.15) is 0 Å². The number of methoxy groups -OCH3 is 1. The molecule has 1 aromatic rings.